The van der Waals surface area contributed by atoms with E-state index in [-0.39, 0.29) is 30.6 Å². The van der Waals surface area contributed by atoms with Gasteiger partial charge in [-0.2, -0.15) is 9.97 Å². The number of hydroxylamine groups is 1. The van der Waals surface area contributed by atoms with Crippen LogP contribution in [0.15, 0.2) is 48.8 Å². The number of nitrogens with zero attached hydrogens (tertiary/aromatic N) is 5. The molecule has 1 aliphatic rings. The van der Waals surface area contributed by atoms with Gasteiger partial charge in [0.05, 0.1) is 31.8 Å². The van der Waals surface area contributed by atoms with E-state index in [1.54, 1.807) is 37.5 Å². The Morgan fingerprint density at radius 3 is 2.66 bits per heavy atom. The number of benzene rings is 1. The minimum absolute atomic E-state index is 0.000969. The lowest BCUT2D eigenvalue weighted by molar-refractivity contribution is -0.138. The fraction of sp³-hybridized carbons (Fsp3) is 0.417. The number of hydrogen-bond donors (Lipinski definition) is 3. The number of nitrogens with one attached hydrogen (secondary N) is 1. The molecule has 0 fully saturated rings. The third-order valence-electron chi connectivity index (χ3n) is 5.96. The SMILES string of the molecule is CON(c1ccccc1)[C@@H](C)C(=O)OP(N)(=O)OC[C@@H]1C=C[C@H](n2cnc3c(NC(C)C)nc(N)nc32)C1. The predicted octanol–water partition coefficient (Wildman–Crippen LogP) is 3.43. The summed E-state index contributed by atoms with van der Waals surface area (Å²) in [4.78, 5) is 31.1. The van der Waals surface area contributed by atoms with Crippen LogP contribution in [0.4, 0.5) is 17.5 Å². The van der Waals surface area contributed by atoms with Crippen LogP contribution in [-0.4, -0.2) is 51.3 Å². The molecule has 4 rings (SSSR count). The van der Waals surface area contributed by atoms with Gasteiger partial charge in [0.1, 0.15) is 0 Å². The van der Waals surface area contributed by atoms with Crippen molar-refractivity contribution in [1.29, 1.82) is 0 Å². The summed E-state index contributed by atoms with van der Waals surface area (Å²) < 4.78 is 25.1. The third kappa shape index (κ3) is 6.30. The van der Waals surface area contributed by atoms with E-state index in [0.29, 0.717) is 29.1 Å². The van der Waals surface area contributed by atoms with Crippen LogP contribution >= 0.6 is 7.75 Å². The highest BCUT2D eigenvalue weighted by Gasteiger charge is 2.32. The number of aromatic nitrogens is 4. The highest BCUT2D eigenvalue weighted by atomic mass is 31.2. The second kappa shape index (κ2) is 11.5. The first-order chi connectivity index (χ1) is 18.1. The van der Waals surface area contributed by atoms with E-state index in [1.807, 2.05) is 36.6 Å². The quantitative estimate of drug-likeness (QED) is 0.183. The number of nitrogen functional groups attached to an aromatic ring is 1. The minimum Gasteiger partial charge on any atom is -0.378 e. The normalized spacial score (nSPS) is 19.4. The van der Waals surface area contributed by atoms with E-state index in [1.165, 1.54) is 12.2 Å². The standard InChI is InChI=1S/C24H33N8O5P/c1-15(2)28-21-20-22(30-24(25)29-21)31(14-27-20)19-11-10-17(12-19)13-36-38(26,34)37-23(33)16(3)32(35-4)18-8-6-5-7-9-18/h5-11,14-17,19H,12-13H2,1-4H3,(H2,26,34)(H3,25,28,29,30)/t16-,17+,19-,38?/m0/s1. The molecule has 1 aromatic carbocycles. The molecule has 13 nitrogen and oxygen atoms in total. The molecule has 0 saturated carbocycles. The van der Waals surface area contributed by atoms with Crippen LogP contribution < -0.4 is 21.6 Å². The summed E-state index contributed by atoms with van der Waals surface area (Å²) in [5, 5.41) is 4.57. The molecular weight excluding hydrogens is 511 g/mol. The van der Waals surface area contributed by atoms with E-state index in [2.05, 4.69) is 20.3 Å². The lowest BCUT2D eigenvalue weighted by Gasteiger charge is -2.27. The summed E-state index contributed by atoms with van der Waals surface area (Å²) >= 11 is 0. The van der Waals surface area contributed by atoms with Crippen LogP contribution in [0.3, 0.4) is 0 Å². The van der Waals surface area contributed by atoms with Crippen molar-refractivity contribution in [2.45, 2.75) is 45.3 Å². The van der Waals surface area contributed by atoms with E-state index in [0.717, 1.165) is 0 Å². The van der Waals surface area contributed by atoms with Crippen LogP contribution in [0.1, 0.15) is 33.2 Å². The Balaban J connectivity index is 1.36. The second-order valence-electron chi connectivity index (χ2n) is 9.27. The van der Waals surface area contributed by atoms with Gasteiger partial charge in [0.25, 0.3) is 0 Å². The number of imidazole rings is 1. The maximum atomic E-state index is 12.8. The van der Waals surface area contributed by atoms with Crippen molar-refractivity contribution in [2.75, 3.05) is 29.8 Å². The molecule has 2 aromatic heterocycles. The second-order valence-corrected chi connectivity index (χ2v) is 10.8. The third-order valence-corrected chi connectivity index (χ3v) is 6.90. The Morgan fingerprint density at radius 2 is 1.97 bits per heavy atom. The number of anilines is 3. The van der Waals surface area contributed by atoms with Gasteiger partial charge in [-0.05, 0) is 39.3 Å². The zero-order chi connectivity index (χ0) is 27.4. The van der Waals surface area contributed by atoms with Crippen molar-refractivity contribution in [3.63, 3.8) is 0 Å². The zero-order valence-electron chi connectivity index (χ0n) is 21.7. The Kier molecular flexibility index (Phi) is 8.32. The van der Waals surface area contributed by atoms with E-state index in [4.69, 9.17) is 25.1 Å². The summed E-state index contributed by atoms with van der Waals surface area (Å²) in [6.07, 6.45) is 6.21. The number of nitrogens with two attached hydrogens (primary N) is 2. The number of carbonyl (C=O) groups excluding carboxylic acids is 1. The number of allylic oxidation sites excluding steroid dienone is 1. The summed E-state index contributed by atoms with van der Waals surface area (Å²) in [6.45, 7) is 5.54. The van der Waals surface area contributed by atoms with Crippen molar-refractivity contribution >= 4 is 42.3 Å². The van der Waals surface area contributed by atoms with E-state index < -0.39 is 19.8 Å². The Hall–Kier alpha value is -3.51. The molecule has 0 spiro atoms. The van der Waals surface area contributed by atoms with Gasteiger partial charge in [0.2, 0.25) is 5.95 Å². The summed E-state index contributed by atoms with van der Waals surface area (Å²) in [6, 6.07) is 8.10. The average molecular weight is 545 g/mol. The lowest BCUT2D eigenvalue weighted by atomic mass is 10.1. The Labute approximate surface area is 220 Å². The average Bonchev–Trinajstić information content (AvgIpc) is 3.50. The molecule has 0 amide bonds. The van der Waals surface area contributed by atoms with Crippen molar-refractivity contribution in [3.8, 4) is 0 Å². The van der Waals surface area contributed by atoms with Gasteiger partial charge >= 0.3 is 13.7 Å². The molecule has 2 heterocycles. The fourth-order valence-corrected chi connectivity index (χ4v) is 5.07. The number of para-hydroxylation sites is 1. The van der Waals surface area contributed by atoms with Gasteiger partial charge in [0.15, 0.2) is 23.0 Å². The van der Waals surface area contributed by atoms with Crippen LogP contribution in [0.5, 0.6) is 0 Å². The van der Waals surface area contributed by atoms with Crippen molar-refractivity contribution < 1.29 is 23.2 Å². The molecule has 0 saturated heterocycles. The first kappa shape index (κ1) is 27.5. The maximum Gasteiger partial charge on any atom is 0.458 e. The van der Waals surface area contributed by atoms with Gasteiger partial charge in [-0.3, -0.25) is 9.36 Å². The number of hydrogen-bond acceptors (Lipinski definition) is 11. The van der Waals surface area contributed by atoms with E-state index in [9.17, 15) is 9.36 Å². The molecule has 0 bridgehead atoms. The zero-order valence-corrected chi connectivity index (χ0v) is 22.6. The monoisotopic (exact) mass is 544 g/mol. The molecule has 3 aromatic rings. The van der Waals surface area contributed by atoms with Crippen LogP contribution in [0, 0.1) is 5.92 Å². The van der Waals surface area contributed by atoms with Gasteiger partial charge in [-0.15, -0.1) is 0 Å². The first-order valence-corrected chi connectivity index (χ1v) is 13.8. The molecule has 14 heteroatoms. The smallest absolute Gasteiger partial charge is 0.378 e. The number of carbonyl (C=O) groups is 1. The highest BCUT2D eigenvalue weighted by Crippen LogP contribution is 2.42. The summed E-state index contributed by atoms with van der Waals surface area (Å²) in [5.41, 5.74) is 13.5. The molecule has 1 aliphatic carbocycles. The lowest BCUT2D eigenvalue weighted by Crippen LogP contribution is -2.39. The Bertz CT molecular complexity index is 1350. The van der Waals surface area contributed by atoms with E-state index >= 15 is 0 Å². The van der Waals surface area contributed by atoms with Crippen molar-refractivity contribution in [3.05, 3.63) is 48.8 Å². The van der Waals surface area contributed by atoms with Gasteiger partial charge in [0, 0.05) is 12.0 Å². The highest BCUT2D eigenvalue weighted by molar-refractivity contribution is 7.51. The molecule has 0 radical (unpaired) electrons. The summed E-state index contributed by atoms with van der Waals surface area (Å²) in [7, 11) is -2.75. The molecule has 4 atom stereocenters. The van der Waals surface area contributed by atoms with Gasteiger partial charge < -0.3 is 20.1 Å². The molecule has 1 unspecified atom stereocenters. The first-order valence-electron chi connectivity index (χ1n) is 12.2. The molecule has 0 aliphatic heterocycles. The maximum absolute atomic E-state index is 12.8. The number of fused-ring (bicyclic) bond motifs is 1. The molecule has 5 N–H and O–H groups in total. The molecule has 38 heavy (non-hydrogen) atoms. The molecular formula is C24H33N8O5P. The largest absolute Gasteiger partial charge is 0.458 e. The van der Waals surface area contributed by atoms with Crippen LogP contribution in [-0.2, 0) is 23.2 Å². The minimum atomic E-state index is -4.17. The Morgan fingerprint density at radius 1 is 1.24 bits per heavy atom. The van der Waals surface area contributed by atoms with Crippen molar-refractivity contribution in [1.82, 2.24) is 19.5 Å². The number of rotatable bonds is 11. The fourth-order valence-electron chi connectivity index (χ4n) is 4.22. The topological polar surface area (TPSA) is 173 Å². The van der Waals surface area contributed by atoms with Crippen LogP contribution in [0.2, 0.25) is 0 Å². The van der Waals surface area contributed by atoms with Crippen molar-refractivity contribution in [2.24, 2.45) is 11.4 Å². The summed E-state index contributed by atoms with van der Waals surface area (Å²) in [5.74, 6) is -0.252. The van der Waals surface area contributed by atoms with Crippen LogP contribution in [0.25, 0.3) is 11.2 Å². The van der Waals surface area contributed by atoms with Gasteiger partial charge in [-0.25, -0.2) is 24.9 Å². The molecule has 204 valence electrons. The van der Waals surface area contributed by atoms with Gasteiger partial charge in [-0.1, -0.05) is 30.4 Å². The predicted molar refractivity (Wildman–Crippen MR) is 144 cm³/mol.